The Bertz CT molecular complexity index is 1770. The Morgan fingerprint density at radius 3 is 2.35 bits per heavy atom. The summed E-state index contributed by atoms with van der Waals surface area (Å²) < 4.78 is 3.50. The van der Waals surface area contributed by atoms with Crippen molar-refractivity contribution in [2.75, 3.05) is 13.1 Å². The average molecular weight is 575 g/mol. The molecule has 4 aromatic heterocycles. The monoisotopic (exact) mass is 574 g/mol. The number of aromatic nitrogens is 4. The molecular weight excluding hydrogens is 536 g/mol. The van der Waals surface area contributed by atoms with Gasteiger partial charge in [0.05, 0.1) is 12.2 Å². The predicted octanol–water partition coefficient (Wildman–Crippen LogP) is 5.46. The molecule has 1 aromatic carbocycles. The SMILES string of the molecule is O=C(NCc1cn2cc(C(Cc3ccccc3)N(CC3CCC3)CC3CCC3)ccc2n1)c1cc(=O)n2ccccc2n1. The molecule has 4 heterocycles. The molecule has 1 amide bonds. The minimum Gasteiger partial charge on any atom is -0.345 e. The predicted molar refractivity (Wildman–Crippen MR) is 167 cm³/mol. The number of carbonyl (C=O) groups excluding carboxylic acids is 1. The number of pyridine rings is 2. The summed E-state index contributed by atoms with van der Waals surface area (Å²) in [6.07, 6.45) is 14.9. The zero-order valence-electron chi connectivity index (χ0n) is 24.4. The highest BCUT2D eigenvalue weighted by Crippen LogP contribution is 2.36. The maximum absolute atomic E-state index is 12.9. The van der Waals surface area contributed by atoms with Crippen molar-refractivity contribution in [1.82, 2.24) is 29.0 Å². The fourth-order valence-corrected chi connectivity index (χ4v) is 6.41. The summed E-state index contributed by atoms with van der Waals surface area (Å²) in [5.41, 5.74) is 4.50. The van der Waals surface area contributed by atoms with Gasteiger partial charge < -0.3 is 9.72 Å². The van der Waals surface area contributed by atoms with E-state index in [-0.39, 0.29) is 23.8 Å². The van der Waals surface area contributed by atoms with E-state index in [0.29, 0.717) is 5.65 Å². The van der Waals surface area contributed by atoms with Gasteiger partial charge in [0.25, 0.3) is 11.5 Å². The van der Waals surface area contributed by atoms with Gasteiger partial charge in [0.2, 0.25) is 0 Å². The highest BCUT2D eigenvalue weighted by molar-refractivity contribution is 5.92. The van der Waals surface area contributed by atoms with Crippen LogP contribution in [-0.2, 0) is 13.0 Å². The largest absolute Gasteiger partial charge is 0.345 e. The van der Waals surface area contributed by atoms with E-state index in [9.17, 15) is 9.59 Å². The molecule has 8 nitrogen and oxygen atoms in total. The maximum atomic E-state index is 12.9. The standard InChI is InChI=1S/C35H38N6O2/c42-34-19-30(38-33-14-4-5-17-41(33)34)35(43)36-20-29-24-40-23-28(15-16-32(40)37-29)31(18-25-8-2-1-3-9-25)39(21-26-10-6-11-26)22-27-12-7-13-27/h1-5,8-9,14-17,19,23-24,26-27,31H,6-7,10-13,18,20-22H2,(H,36,43). The third-order valence-corrected chi connectivity index (χ3v) is 9.29. The number of amides is 1. The molecule has 43 heavy (non-hydrogen) atoms. The van der Waals surface area contributed by atoms with Crippen LogP contribution in [-0.4, -0.2) is 42.7 Å². The third kappa shape index (κ3) is 6.11. The highest BCUT2D eigenvalue weighted by Gasteiger charge is 2.30. The number of nitrogens with zero attached hydrogens (tertiary/aromatic N) is 5. The van der Waals surface area contributed by atoms with Crippen LogP contribution in [0.1, 0.15) is 71.9 Å². The molecule has 2 saturated carbocycles. The molecule has 2 aliphatic rings. The van der Waals surface area contributed by atoms with Gasteiger partial charge in [-0.15, -0.1) is 0 Å². The minimum absolute atomic E-state index is 0.101. The smallest absolute Gasteiger partial charge is 0.270 e. The first-order valence-electron chi connectivity index (χ1n) is 15.6. The first-order valence-corrected chi connectivity index (χ1v) is 15.6. The Labute approximate surface area is 251 Å². The molecule has 1 unspecified atom stereocenters. The average Bonchev–Trinajstić information content (AvgIpc) is 3.40. The summed E-state index contributed by atoms with van der Waals surface area (Å²) in [4.78, 5) is 37.2. The lowest BCUT2D eigenvalue weighted by Gasteiger charge is -2.41. The fraction of sp³-hybridized carbons (Fsp3) is 0.371. The van der Waals surface area contributed by atoms with Gasteiger partial charge in [0.15, 0.2) is 0 Å². The molecule has 0 spiro atoms. The molecule has 0 radical (unpaired) electrons. The van der Waals surface area contributed by atoms with Crippen molar-refractivity contribution in [2.24, 2.45) is 11.8 Å². The van der Waals surface area contributed by atoms with Crippen LogP contribution in [0.4, 0.5) is 0 Å². The summed E-state index contributed by atoms with van der Waals surface area (Å²) >= 11 is 0. The molecule has 0 saturated heterocycles. The van der Waals surface area contributed by atoms with Gasteiger partial charge >= 0.3 is 0 Å². The van der Waals surface area contributed by atoms with Crippen molar-refractivity contribution in [1.29, 1.82) is 0 Å². The molecule has 2 fully saturated rings. The number of carbonyl (C=O) groups is 1. The van der Waals surface area contributed by atoms with E-state index in [1.807, 2.05) is 6.20 Å². The molecule has 220 valence electrons. The van der Waals surface area contributed by atoms with Gasteiger partial charge in [-0.2, -0.15) is 0 Å². The third-order valence-electron chi connectivity index (χ3n) is 9.29. The van der Waals surface area contributed by atoms with Gasteiger partial charge in [0, 0.05) is 43.8 Å². The Kier molecular flexibility index (Phi) is 7.77. The van der Waals surface area contributed by atoms with Gasteiger partial charge in [0.1, 0.15) is 17.0 Å². The number of hydrogen-bond acceptors (Lipinski definition) is 5. The molecule has 1 atom stereocenters. The Morgan fingerprint density at radius 2 is 1.63 bits per heavy atom. The van der Waals surface area contributed by atoms with Crippen LogP contribution in [0.15, 0.2) is 90.1 Å². The van der Waals surface area contributed by atoms with Crippen molar-refractivity contribution in [3.05, 3.63) is 118 Å². The van der Waals surface area contributed by atoms with Crippen LogP contribution < -0.4 is 10.9 Å². The molecular formula is C35H38N6O2. The van der Waals surface area contributed by atoms with Crippen molar-refractivity contribution in [3.8, 4) is 0 Å². The van der Waals surface area contributed by atoms with E-state index in [4.69, 9.17) is 4.98 Å². The fourth-order valence-electron chi connectivity index (χ4n) is 6.41. The summed E-state index contributed by atoms with van der Waals surface area (Å²) in [5.74, 6) is 1.21. The van der Waals surface area contributed by atoms with E-state index < -0.39 is 5.91 Å². The first kappa shape index (κ1) is 27.5. The number of hydrogen-bond donors (Lipinski definition) is 1. The van der Waals surface area contributed by atoms with Crippen molar-refractivity contribution in [3.63, 3.8) is 0 Å². The molecule has 1 N–H and O–H groups in total. The van der Waals surface area contributed by atoms with Crippen molar-refractivity contribution >= 4 is 17.2 Å². The molecule has 0 bridgehead atoms. The Hall–Kier alpha value is -4.30. The van der Waals surface area contributed by atoms with Crippen LogP contribution >= 0.6 is 0 Å². The van der Waals surface area contributed by atoms with E-state index in [2.05, 4.69) is 68.3 Å². The second-order valence-electron chi connectivity index (χ2n) is 12.3. The quantitative estimate of drug-likeness (QED) is 0.227. The number of imidazole rings is 1. The molecule has 5 aromatic rings. The van der Waals surface area contributed by atoms with Gasteiger partial charge in [-0.3, -0.25) is 18.9 Å². The summed E-state index contributed by atoms with van der Waals surface area (Å²) in [6.45, 7) is 2.58. The van der Waals surface area contributed by atoms with Crippen LogP contribution in [0.2, 0.25) is 0 Å². The Morgan fingerprint density at radius 1 is 0.884 bits per heavy atom. The van der Waals surface area contributed by atoms with E-state index in [0.717, 1.165) is 29.6 Å². The lowest BCUT2D eigenvalue weighted by Crippen LogP contribution is -2.41. The normalized spacial score (nSPS) is 16.3. The summed E-state index contributed by atoms with van der Waals surface area (Å²) in [7, 11) is 0. The number of rotatable bonds is 11. The zero-order valence-corrected chi connectivity index (χ0v) is 24.4. The Balaban J connectivity index is 1.12. The second kappa shape index (κ2) is 12.1. The minimum atomic E-state index is -0.397. The van der Waals surface area contributed by atoms with Crippen LogP contribution in [0.25, 0.3) is 11.3 Å². The summed E-state index contributed by atoms with van der Waals surface area (Å²) in [6, 6.07) is 22.0. The van der Waals surface area contributed by atoms with Gasteiger partial charge in [-0.1, -0.05) is 55.3 Å². The van der Waals surface area contributed by atoms with E-state index in [1.54, 1.807) is 24.4 Å². The van der Waals surface area contributed by atoms with Crippen molar-refractivity contribution in [2.45, 2.75) is 57.5 Å². The van der Waals surface area contributed by atoms with Crippen LogP contribution in [0.5, 0.6) is 0 Å². The molecule has 7 rings (SSSR count). The number of fused-ring (bicyclic) bond motifs is 2. The number of nitrogens with one attached hydrogen (secondary N) is 1. The topological polar surface area (TPSA) is 84.0 Å². The number of benzene rings is 1. The lowest BCUT2D eigenvalue weighted by molar-refractivity contribution is 0.0910. The first-order chi connectivity index (χ1) is 21.1. The van der Waals surface area contributed by atoms with Gasteiger partial charge in [-0.05, 0) is 73.3 Å². The lowest BCUT2D eigenvalue weighted by atomic mass is 9.81. The molecule has 2 aliphatic carbocycles. The second-order valence-corrected chi connectivity index (χ2v) is 12.3. The molecule has 8 heteroatoms. The summed E-state index contributed by atoms with van der Waals surface area (Å²) in [5, 5.41) is 2.89. The zero-order chi connectivity index (χ0) is 29.2. The van der Waals surface area contributed by atoms with Crippen molar-refractivity contribution < 1.29 is 4.79 Å². The highest BCUT2D eigenvalue weighted by atomic mass is 16.2. The maximum Gasteiger partial charge on any atom is 0.270 e. The van der Waals surface area contributed by atoms with Crippen LogP contribution in [0.3, 0.4) is 0 Å². The van der Waals surface area contributed by atoms with Crippen LogP contribution in [0, 0.1) is 11.8 Å². The molecule has 0 aliphatic heterocycles. The van der Waals surface area contributed by atoms with Gasteiger partial charge in [-0.25, -0.2) is 9.97 Å². The van der Waals surface area contributed by atoms with E-state index in [1.165, 1.54) is 73.2 Å². The van der Waals surface area contributed by atoms with E-state index >= 15 is 0 Å².